The van der Waals surface area contributed by atoms with Crippen LogP contribution in [0.15, 0.2) is 188 Å². The average molecular weight is 696 g/mol. The van der Waals surface area contributed by atoms with Crippen molar-refractivity contribution in [2.45, 2.75) is 19.3 Å². The Morgan fingerprint density at radius 3 is 1.87 bits per heavy atom. The largest absolute Gasteiger partial charge is 0.309 e. The Kier molecular flexibility index (Phi) is 7.42. The van der Waals surface area contributed by atoms with Gasteiger partial charge in [0.1, 0.15) is 0 Å². The molecule has 9 aromatic rings. The van der Waals surface area contributed by atoms with E-state index in [4.69, 9.17) is 0 Å². The van der Waals surface area contributed by atoms with Crippen LogP contribution in [-0.4, -0.2) is 0 Å². The topological polar surface area (TPSA) is 3.24 Å². The van der Waals surface area contributed by atoms with Gasteiger partial charge in [-0.3, -0.25) is 0 Å². The molecule has 1 heterocycles. The fourth-order valence-electron chi connectivity index (χ4n) is 8.55. The van der Waals surface area contributed by atoms with Crippen molar-refractivity contribution in [2.75, 3.05) is 4.90 Å². The van der Waals surface area contributed by atoms with Crippen LogP contribution in [0.2, 0.25) is 0 Å². The van der Waals surface area contributed by atoms with E-state index in [0.29, 0.717) is 0 Å². The van der Waals surface area contributed by atoms with Crippen LogP contribution in [0.1, 0.15) is 25.0 Å². The molecule has 0 saturated heterocycles. The Balaban J connectivity index is 1.29. The summed E-state index contributed by atoms with van der Waals surface area (Å²) in [6, 6.07) is 69.2. The van der Waals surface area contributed by atoms with Gasteiger partial charge in [-0.1, -0.05) is 159 Å². The maximum absolute atomic E-state index is 2.54. The average Bonchev–Trinajstić information content (AvgIpc) is 3.71. The molecule has 2 heteroatoms. The van der Waals surface area contributed by atoms with Crippen LogP contribution < -0.4 is 4.90 Å². The minimum absolute atomic E-state index is 0.132. The SMILES string of the molecule is CC1(C)c2ccccc2-c2ccc(N(c3cccc(-c4ccccc4)c3-c3cccc(-c4ccccc4)c3)c3cccc4sc5ccccc5c34)cc21. The molecule has 10 rings (SSSR count). The second-order valence-electron chi connectivity index (χ2n) is 14.5. The van der Waals surface area contributed by atoms with Gasteiger partial charge in [0.25, 0.3) is 0 Å². The van der Waals surface area contributed by atoms with Gasteiger partial charge in [0.2, 0.25) is 0 Å². The Hall–Kier alpha value is -6.22. The molecule has 0 saturated carbocycles. The molecule has 0 aliphatic heterocycles. The Morgan fingerprint density at radius 1 is 0.415 bits per heavy atom. The van der Waals surface area contributed by atoms with Crippen molar-refractivity contribution >= 4 is 48.6 Å². The minimum Gasteiger partial charge on any atom is -0.309 e. The standard InChI is InChI=1S/C51H37NS/c1-51(2)43-25-11-9-22-40(43)41-31-30-38(33-44(41)51)52(46-27-15-29-48-50(46)42-23-10-12-28-47(42)53-48)45-26-14-24-39(35-18-7-4-8-19-35)49(45)37-21-13-20-36(32-37)34-16-5-3-6-17-34/h3-33H,1-2H3. The Morgan fingerprint density at radius 2 is 1.02 bits per heavy atom. The molecule has 8 aromatic carbocycles. The molecule has 0 unspecified atom stereocenters. The van der Waals surface area contributed by atoms with Gasteiger partial charge in [0, 0.05) is 36.8 Å². The summed E-state index contributed by atoms with van der Waals surface area (Å²) in [7, 11) is 0. The third kappa shape index (κ3) is 5.13. The second kappa shape index (κ2) is 12.5. The van der Waals surface area contributed by atoms with E-state index in [1.165, 1.54) is 81.5 Å². The fraction of sp³-hybridized carbons (Fsp3) is 0.0588. The summed E-state index contributed by atoms with van der Waals surface area (Å²) in [5.41, 5.74) is 15.9. The molecule has 0 radical (unpaired) electrons. The molecule has 0 spiro atoms. The molecule has 1 aliphatic carbocycles. The predicted molar refractivity (Wildman–Crippen MR) is 228 cm³/mol. The van der Waals surface area contributed by atoms with E-state index in [1.54, 1.807) is 0 Å². The first-order valence-corrected chi connectivity index (χ1v) is 19.2. The zero-order chi connectivity index (χ0) is 35.5. The maximum Gasteiger partial charge on any atom is 0.0555 e. The fourth-order valence-corrected chi connectivity index (χ4v) is 9.68. The zero-order valence-corrected chi connectivity index (χ0v) is 30.6. The third-order valence-corrected chi connectivity index (χ3v) is 12.2. The lowest BCUT2D eigenvalue weighted by atomic mass is 9.82. The van der Waals surface area contributed by atoms with E-state index >= 15 is 0 Å². The lowest BCUT2D eigenvalue weighted by molar-refractivity contribution is 0.660. The number of hydrogen-bond acceptors (Lipinski definition) is 2. The van der Waals surface area contributed by atoms with Crippen molar-refractivity contribution in [1.29, 1.82) is 0 Å². The highest BCUT2D eigenvalue weighted by Gasteiger charge is 2.36. The predicted octanol–water partition coefficient (Wildman–Crippen LogP) is 14.8. The molecule has 0 fully saturated rings. The maximum atomic E-state index is 2.54. The van der Waals surface area contributed by atoms with Gasteiger partial charge in [0.15, 0.2) is 0 Å². The van der Waals surface area contributed by atoms with Crippen LogP contribution in [0.3, 0.4) is 0 Å². The van der Waals surface area contributed by atoms with Crippen LogP contribution in [0.4, 0.5) is 17.1 Å². The van der Waals surface area contributed by atoms with E-state index in [9.17, 15) is 0 Å². The van der Waals surface area contributed by atoms with E-state index in [0.717, 1.165) is 11.4 Å². The van der Waals surface area contributed by atoms with Gasteiger partial charge >= 0.3 is 0 Å². The third-order valence-electron chi connectivity index (χ3n) is 11.1. The highest BCUT2D eigenvalue weighted by Crippen LogP contribution is 2.53. The molecular weight excluding hydrogens is 659 g/mol. The molecule has 0 amide bonds. The summed E-state index contributed by atoms with van der Waals surface area (Å²) in [6.07, 6.45) is 0. The smallest absolute Gasteiger partial charge is 0.0555 e. The number of hydrogen-bond donors (Lipinski definition) is 0. The van der Waals surface area contributed by atoms with Crippen LogP contribution in [0, 0.1) is 0 Å². The van der Waals surface area contributed by atoms with Crippen molar-refractivity contribution in [3.05, 3.63) is 199 Å². The molecule has 1 aliphatic rings. The first-order chi connectivity index (χ1) is 26.1. The molecule has 1 nitrogen and oxygen atoms in total. The Bertz CT molecular complexity index is 2810. The van der Waals surface area contributed by atoms with Crippen molar-refractivity contribution in [3.63, 3.8) is 0 Å². The number of rotatable bonds is 6. The first kappa shape index (κ1) is 31.5. The van der Waals surface area contributed by atoms with Crippen LogP contribution in [0.25, 0.3) is 64.7 Å². The monoisotopic (exact) mass is 695 g/mol. The zero-order valence-electron chi connectivity index (χ0n) is 29.8. The first-order valence-electron chi connectivity index (χ1n) is 18.4. The molecule has 1 aromatic heterocycles. The van der Waals surface area contributed by atoms with Gasteiger partial charge in [0.05, 0.1) is 11.4 Å². The normalized spacial score (nSPS) is 12.9. The lowest BCUT2D eigenvalue weighted by Crippen LogP contribution is -2.17. The number of anilines is 3. The molecule has 252 valence electrons. The van der Waals surface area contributed by atoms with E-state index in [-0.39, 0.29) is 5.41 Å². The summed E-state index contributed by atoms with van der Waals surface area (Å²) >= 11 is 1.87. The van der Waals surface area contributed by atoms with Crippen LogP contribution >= 0.6 is 11.3 Å². The molecule has 0 bridgehead atoms. The van der Waals surface area contributed by atoms with E-state index in [1.807, 2.05) is 11.3 Å². The van der Waals surface area contributed by atoms with Crippen molar-refractivity contribution < 1.29 is 0 Å². The van der Waals surface area contributed by atoms with Crippen molar-refractivity contribution in [1.82, 2.24) is 0 Å². The molecular formula is C51H37NS. The summed E-state index contributed by atoms with van der Waals surface area (Å²) < 4.78 is 2.59. The highest BCUT2D eigenvalue weighted by molar-refractivity contribution is 7.26. The van der Waals surface area contributed by atoms with E-state index < -0.39 is 0 Å². The van der Waals surface area contributed by atoms with Gasteiger partial charge in [-0.25, -0.2) is 0 Å². The summed E-state index contributed by atoms with van der Waals surface area (Å²) in [5.74, 6) is 0. The molecule has 0 atom stereocenters. The second-order valence-corrected chi connectivity index (χ2v) is 15.6. The number of thiophene rings is 1. The lowest BCUT2D eigenvalue weighted by Gasteiger charge is -2.31. The quantitative estimate of drug-likeness (QED) is 0.167. The number of fused-ring (bicyclic) bond motifs is 6. The van der Waals surface area contributed by atoms with Crippen molar-refractivity contribution in [3.8, 4) is 44.5 Å². The number of nitrogens with zero attached hydrogens (tertiary/aromatic N) is 1. The van der Waals surface area contributed by atoms with E-state index in [2.05, 4.69) is 207 Å². The van der Waals surface area contributed by atoms with Gasteiger partial charge < -0.3 is 4.90 Å². The number of benzene rings is 8. The van der Waals surface area contributed by atoms with Crippen molar-refractivity contribution in [2.24, 2.45) is 0 Å². The Labute approximate surface area is 315 Å². The van der Waals surface area contributed by atoms with Gasteiger partial charge in [-0.05, 0) is 92.5 Å². The highest BCUT2D eigenvalue weighted by atomic mass is 32.1. The molecule has 0 N–H and O–H groups in total. The summed E-state index contributed by atoms with van der Waals surface area (Å²) in [6.45, 7) is 4.74. The van der Waals surface area contributed by atoms with Gasteiger partial charge in [-0.2, -0.15) is 0 Å². The summed E-state index contributed by atoms with van der Waals surface area (Å²) in [4.78, 5) is 2.54. The van der Waals surface area contributed by atoms with Gasteiger partial charge in [-0.15, -0.1) is 11.3 Å². The van der Waals surface area contributed by atoms with Crippen LogP contribution in [-0.2, 0) is 5.41 Å². The minimum atomic E-state index is -0.132. The van der Waals surface area contributed by atoms with Crippen LogP contribution in [0.5, 0.6) is 0 Å². The molecule has 53 heavy (non-hydrogen) atoms. The summed E-state index contributed by atoms with van der Waals surface area (Å²) in [5, 5.41) is 2.57.